The van der Waals surface area contributed by atoms with E-state index in [0.29, 0.717) is 0 Å². The maximum absolute atomic E-state index is 13.1. The fraction of sp³-hybridized carbons (Fsp3) is 0.188. The highest BCUT2D eigenvalue weighted by atomic mass is 79.9. The number of benzene rings is 2. The van der Waals surface area contributed by atoms with Crippen LogP contribution in [0, 0.1) is 5.82 Å². The molecule has 0 fully saturated rings. The van der Waals surface area contributed by atoms with Gasteiger partial charge < -0.3 is 10.6 Å². The van der Waals surface area contributed by atoms with Gasteiger partial charge >= 0.3 is 0 Å². The Labute approximate surface area is 131 Å². The first kappa shape index (κ1) is 15.7. The van der Waals surface area contributed by atoms with Crippen LogP contribution in [0.2, 0.25) is 0 Å². The molecule has 0 unspecified atom stereocenters. The van der Waals surface area contributed by atoms with Gasteiger partial charge in [-0.2, -0.15) is 0 Å². The largest absolute Gasteiger partial charge is 0.324 e. The molecule has 2 aromatic rings. The lowest BCUT2D eigenvalue weighted by molar-refractivity contribution is -0.115. The van der Waals surface area contributed by atoms with E-state index in [1.807, 2.05) is 37.3 Å². The van der Waals surface area contributed by atoms with Crippen molar-refractivity contribution < 1.29 is 9.18 Å². The molecule has 2 N–H and O–H groups in total. The van der Waals surface area contributed by atoms with Gasteiger partial charge in [0.25, 0.3) is 0 Å². The topological polar surface area (TPSA) is 41.1 Å². The summed E-state index contributed by atoms with van der Waals surface area (Å²) in [6, 6.07) is 13.6. The number of rotatable bonds is 5. The monoisotopic (exact) mass is 350 g/mol. The normalized spacial score (nSPS) is 12.0. The van der Waals surface area contributed by atoms with E-state index in [1.54, 1.807) is 6.07 Å². The summed E-state index contributed by atoms with van der Waals surface area (Å²) in [5.41, 5.74) is 1.53. The van der Waals surface area contributed by atoms with Crippen LogP contribution < -0.4 is 10.6 Å². The summed E-state index contributed by atoms with van der Waals surface area (Å²) in [5.74, 6) is -0.427. The summed E-state index contributed by atoms with van der Waals surface area (Å²) in [7, 11) is 0. The molecule has 0 aromatic heterocycles. The first-order valence-electron chi connectivity index (χ1n) is 6.59. The minimum absolute atomic E-state index is 0.106. The third-order valence-corrected chi connectivity index (χ3v) is 3.76. The van der Waals surface area contributed by atoms with E-state index >= 15 is 0 Å². The van der Waals surface area contributed by atoms with Crippen molar-refractivity contribution in [2.75, 3.05) is 11.9 Å². The third-order valence-electron chi connectivity index (χ3n) is 3.07. The molecule has 1 atom stereocenters. The number of carbonyl (C=O) groups excluding carboxylic acids is 1. The highest BCUT2D eigenvalue weighted by Crippen LogP contribution is 2.21. The maximum Gasteiger partial charge on any atom is 0.238 e. The highest BCUT2D eigenvalue weighted by Gasteiger charge is 2.09. The predicted octanol–water partition coefficient (Wildman–Crippen LogP) is 3.88. The Bertz CT molecular complexity index is 633. The Morgan fingerprint density at radius 1 is 1.24 bits per heavy atom. The Hall–Kier alpha value is -1.72. The summed E-state index contributed by atoms with van der Waals surface area (Å²) >= 11 is 3.37. The van der Waals surface area contributed by atoms with Crippen molar-refractivity contribution in [1.82, 2.24) is 5.32 Å². The molecule has 2 rings (SSSR count). The fourth-order valence-corrected chi connectivity index (χ4v) is 2.28. The molecule has 0 heterocycles. The van der Waals surface area contributed by atoms with Crippen molar-refractivity contribution in [3.8, 4) is 0 Å². The van der Waals surface area contributed by atoms with E-state index in [9.17, 15) is 9.18 Å². The van der Waals surface area contributed by atoms with Crippen molar-refractivity contribution in [1.29, 1.82) is 0 Å². The van der Waals surface area contributed by atoms with Crippen LogP contribution in [0.25, 0.3) is 0 Å². The van der Waals surface area contributed by atoms with Crippen LogP contribution in [0.1, 0.15) is 18.5 Å². The zero-order valence-corrected chi connectivity index (χ0v) is 13.2. The Balaban J connectivity index is 1.88. The molecule has 0 spiro atoms. The lowest BCUT2D eigenvalue weighted by atomic mass is 10.1. The number of anilines is 1. The summed E-state index contributed by atoms with van der Waals surface area (Å²) in [6.45, 7) is 2.04. The Morgan fingerprint density at radius 2 is 2.00 bits per heavy atom. The van der Waals surface area contributed by atoms with Crippen LogP contribution in [0.15, 0.2) is 53.0 Å². The van der Waals surface area contributed by atoms with Gasteiger partial charge in [-0.05, 0) is 52.7 Å². The van der Waals surface area contributed by atoms with Crippen LogP contribution in [0.5, 0.6) is 0 Å². The summed E-state index contributed by atoms with van der Waals surface area (Å²) in [4.78, 5) is 11.9. The number of para-hydroxylation sites is 1. The molecule has 0 bridgehead atoms. The second-order valence-corrected chi connectivity index (χ2v) is 5.54. The van der Waals surface area contributed by atoms with E-state index in [0.717, 1.165) is 15.7 Å². The summed E-state index contributed by atoms with van der Waals surface area (Å²) in [6.07, 6.45) is 0. The standard InChI is InChI=1S/C16H16BrFN2O/c1-11(12-5-4-6-13(18)9-12)19-10-16(21)20-15-8-3-2-7-14(15)17/h2-9,11,19H,10H2,1H3,(H,20,21)/t11-/m0/s1. The second-order valence-electron chi connectivity index (χ2n) is 4.69. The molecule has 0 saturated carbocycles. The highest BCUT2D eigenvalue weighted by molar-refractivity contribution is 9.10. The third kappa shape index (κ3) is 4.65. The number of amides is 1. The number of nitrogens with one attached hydrogen (secondary N) is 2. The number of carbonyl (C=O) groups is 1. The van der Waals surface area contributed by atoms with Crippen molar-refractivity contribution >= 4 is 27.5 Å². The minimum atomic E-state index is -0.279. The van der Waals surface area contributed by atoms with Crippen molar-refractivity contribution in [3.05, 3.63) is 64.4 Å². The quantitative estimate of drug-likeness (QED) is 0.859. The predicted molar refractivity (Wildman–Crippen MR) is 85.6 cm³/mol. The zero-order chi connectivity index (χ0) is 15.2. The Morgan fingerprint density at radius 3 is 2.71 bits per heavy atom. The van der Waals surface area contributed by atoms with Crippen LogP contribution in [0.4, 0.5) is 10.1 Å². The SMILES string of the molecule is C[C@H](NCC(=O)Nc1ccccc1Br)c1cccc(F)c1. The molecule has 2 aromatic carbocycles. The number of hydrogen-bond donors (Lipinski definition) is 2. The molecule has 0 aliphatic rings. The first-order chi connectivity index (χ1) is 10.1. The van der Waals surface area contributed by atoms with Crippen LogP contribution >= 0.6 is 15.9 Å². The molecule has 5 heteroatoms. The minimum Gasteiger partial charge on any atom is -0.324 e. The van der Waals surface area contributed by atoms with E-state index in [1.165, 1.54) is 12.1 Å². The van der Waals surface area contributed by atoms with Crippen LogP contribution in [-0.2, 0) is 4.79 Å². The van der Waals surface area contributed by atoms with E-state index < -0.39 is 0 Å². The summed E-state index contributed by atoms with van der Waals surface area (Å²) < 4.78 is 14.0. The van der Waals surface area contributed by atoms with Gasteiger partial charge in [-0.3, -0.25) is 4.79 Å². The Kier molecular flexibility index (Phi) is 5.47. The molecule has 110 valence electrons. The van der Waals surface area contributed by atoms with Gasteiger partial charge in [-0.15, -0.1) is 0 Å². The lowest BCUT2D eigenvalue weighted by Gasteiger charge is -2.14. The molecule has 21 heavy (non-hydrogen) atoms. The zero-order valence-electron chi connectivity index (χ0n) is 11.6. The van der Waals surface area contributed by atoms with Gasteiger partial charge in [0, 0.05) is 10.5 Å². The number of hydrogen-bond acceptors (Lipinski definition) is 2. The lowest BCUT2D eigenvalue weighted by Crippen LogP contribution is -2.30. The van der Waals surface area contributed by atoms with Crippen LogP contribution in [-0.4, -0.2) is 12.5 Å². The molecule has 0 aliphatic carbocycles. The first-order valence-corrected chi connectivity index (χ1v) is 7.39. The van der Waals surface area contributed by atoms with E-state index in [4.69, 9.17) is 0 Å². The fourth-order valence-electron chi connectivity index (χ4n) is 1.90. The van der Waals surface area contributed by atoms with Crippen LogP contribution in [0.3, 0.4) is 0 Å². The van der Waals surface area contributed by atoms with Gasteiger partial charge in [-0.1, -0.05) is 24.3 Å². The van der Waals surface area contributed by atoms with E-state index in [-0.39, 0.29) is 24.3 Å². The summed E-state index contributed by atoms with van der Waals surface area (Å²) in [5, 5.41) is 5.88. The smallest absolute Gasteiger partial charge is 0.238 e. The van der Waals surface area contributed by atoms with Gasteiger partial charge in [0.2, 0.25) is 5.91 Å². The van der Waals surface area contributed by atoms with Crippen molar-refractivity contribution in [2.45, 2.75) is 13.0 Å². The molecule has 1 amide bonds. The van der Waals surface area contributed by atoms with Gasteiger partial charge in [-0.25, -0.2) is 4.39 Å². The average Bonchev–Trinajstić information content (AvgIpc) is 2.47. The van der Waals surface area contributed by atoms with Gasteiger partial charge in [0.05, 0.1) is 12.2 Å². The van der Waals surface area contributed by atoms with E-state index in [2.05, 4.69) is 26.6 Å². The average molecular weight is 351 g/mol. The molecule has 0 radical (unpaired) electrons. The van der Waals surface area contributed by atoms with Crippen molar-refractivity contribution in [3.63, 3.8) is 0 Å². The van der Waals surface area contributed by atoms with Gasteiger partial charge in [0.15, 0.2) is 0 Å². The maximum atomic E-state index is 13.1. The number of halogens is 2. The molecule has 0 saturated heterocycles. The second kappa shape index (κ2) is 7.33. The molecule has 0 aliphatic heterocycles. The van der Waals surface area contributed by atoms with Crippen molar-refractivity contribution in [2.24, 2.45) is 0 Å². The molecular formula is C16H16BrFN2O. The molecular weight excluding hydrogens is 335 g/mol. The molecule has 3 nitrogen and oxygen atoms in total. The van der Waals surface area contributed by atoms with Gasteiger partial charge in [0.1, 0.15) is 5.82 Å².